The Kier molecular flexibility index (Phi) is 7.53. The number of hydrogen-bond acceptors (Lipinski definition) is 1. The van der Waals surface area contributed by atoms with E-state index >= 15 is 0 Å². The van der Waals surface area contributed by atoms with Crippen molar-refractivity contribution in [1.82, 2.24) is 4.57 Å². The molecule has 0 bridgehead atoms. The quantitative estimate of drug-likeness (QED) is 0.167. The average molecular weight is 713 g/mol. The van der Waals surface area contributed by atoms with Crippen LogP contribution in [0.15, 0.2) is 218 Å². The zero-order valence-electron chi connectivity index (χ0n) is 30.7. The minimum atomic E-state index is 1.08. The maximum absolute atomic E-state index is 2.48. The molecule has 11 aromatic rings. The van der Waals surface area contributed by atoms with Gasteiger partial charge in [-0.3, -0.25) is 0 Å². The molecule has 1 heterocycles. The van der Waals surface area contributed by atoms with Crippen molar-refractivity contribution < 1.29 is 0 Å². The average Bonchev–Trinajstić information content (AvgIpc) is 3.61. The standard InChI is InChI=1S/C54H36N2/c1-3-16-40-33-42(29-27-37(40)13-1)43-31-32-48(44-30-28-38-14-2-4-17-41(38)34-44)54(35-43)56(51-26-11-18-39-15-5-6-21-47(39)51)46-20-12-19-45(36-46)55-52-24-9-7-22-49(52)50-23-8-10-25-53(50)55/h1-36H. The van der Waals surface area contributed by atoms with Crippen LogP contribution in [0.3, 0.4) is 0 Å². The highest BCUT2D eigenvalue weighted by molar-refractivity contribution is 6.09. The minimum Gasteiger partial charge on any atom is -0.309 e. The second-order valence-electron chi connectivity index (χ2n) is 14.6. The second-order valence-corrected chi connectivity index (χ2v) is 14.6. The molecule has 0 saturated carbocycles. The summed E-state index contributed by atoms with van der Waals surface area (Å²) in [6, 6.07) is 79.8. The second kappa shape index (κ2) is 13.2. The third-order valence-corrected chi connectivity index (χ3v) is 11.3. The molecule has 0 unspecified atom stereocenters. The molecule has 0 aliphatic heterocycles. The van der Waals surface area contributed by atoms with Crippen molar-refractivity contribution in [2.24, 2.45) is 0 Å². The molecular weight excluding hydrogens is 677 g/mol. The van der Waals surface area contributed by atoms with E-state index in [1.54, 1.807) is 0 Å². The van der Waals surface area contributed by atoms with E-state index in [0.717, 1.165) is 28.3 Å². The molecule has 262 valence electrons. The maximum atomic E-state index is 2.48. The Balaban J connectivity index is 1.20. The number of anilines is 3. The molecule has 10 aromatic carbocycles. The molecule has 0 N–H and O–H groups in total. The summed E-state index contributed by atoms with van der Waals surface area (Å²) in [5.41, 5.74) is 11.5. The molecule has 11 rings (SSSR count). The van der Waals surface area contributed by atoms with Crippen LogP contribution in [-0.2, 0) is 0 Å². The van der Waals surface area contributed by atoms with Crippen LogP contribution in [0.4, 0.5) is 17.1 Å². The van der Waals surface area contributed by atoms with Crippen molar-refractivity contribution in [2.75, 3.05) is 4.90 Å². The molecule has 0 spiro atoms. The monoisotopic (exact) mass is 712 g/mol. The first kappa shape index (κ1) is 32.0. The molecule has 0 saturated heterocycles. The van der Waals surface area contributed by atoms with E-state index in [1.807, 2.05) is 0 Å². The lowest BCUT2D eigenvalue weighted by atomic mass is 9.94. The topological polar surface area (TPSA) is 8.17 Å². The lowest BCUT2D eigenvalue weighted by Gasteiger charge is -2.30. The predicted octanol–water partition coefficient (Wildman–Crippen LogP) is 15.0. The van der Waals surface area contributed by atoms with E-state index in [1.165, 1.54) is 70.8 Å². The maximum Gasteiger partial charge on any atom is 0.0546 e. The number of fused-ring (bicyclic) bond motifs is 6. The summed E-state index contributed by atoms with van der Waals surface area (Å²) in [6.07, 6.45) is 0. The molecule has 2 nitrogen and oxygen atoms in total. The first-order valence-corrected chi connectivity index (χ1v) is 19.3. The zero-order valence-corrected chi connectivity index (χ0v) is 30.7. The first-order chi connectivity index (χ1) is 27.8. The van der Waals surface area contributed by atoms with Gasteiger partial charge < -0.3 is 9.47 Å². The van der Waals surface area contributed by atoms with Crippen molar-refractivity contribution in [3.05, 3.63) is 218 Å². The summed E-state index contributed by atoms with van der Waals surface area (Å²) in [6.45, 7) is 0. The van der Waals surface area contributed by atoms with Gasteiger partial charge in [-0.2, -0.15) is 0 Å². The van der Waals surface area contributed by atoms with Gasteiger partial charge in [0.1, 0.15) is 0 Å². The van der Waals surface area contributed by atoms with Crippen LogP contribution in [0.1, 0.15) is 0 Å². The van der Waals surface area contributed by atoms with Gasteiger partial charge >= 0.3 is 0 Å². The Bertz CT molecular complexity index is 3220. The Morgan fingerprint density at radius 2 is 0.821 bits per heavy atom. The third-order valence-electron chi connectivity index (χ3n) is 11.3. The fourth-order valence-electron chi connectivity index (χ4n) is 8.65. The lowest BCUT2D eigenvalue weighted by molar-refractivity contribution is 1.17. The molecule has 0 amide bonds. The molecule has 0 atom stereocenters. The van der Waals surface area contributed by atoms with Crippen LogP contribution in [0.2, 0.25) is 0 Å². The van der Waals surface area contributed by atoms with Crippen LogP contribution >= 0.6 is 0 Å². The van der Waals surface area contributed by atoms with Crippen molar-refractivity contribution in [3.8, 4) is 27.9 Å². The normalized spacial score (nSPS) is 11.6. The predicted molar refractivity (Wildman–Crippen MR) is 239 cm³/mol. The first-order valence-electron chi connectivity index (χ1n) is 19.3. The van der Waals surface area contributed by atoms with Gasteiger partial charge in [0, 0.05) is 33.1 Å². The molecule has 56 heavy (non-hydrogen) atoms. The fraction of sp³-hybridized carbons (Fsp3) is 0. The highest BCUT2D eigenvalue weighted by Gasteiger charge is 2.22. The number of para-hydroxylation sites is 2. The van der Waals surface area contributed by atoms with Crippen molar-refractivity contribution >= 4 is 71.2 Å². The summed E-state index contributed by atoms with van der Waals surface area (Å²) < 4.78 is 2.41. The van der Waals surface area contributed by atoms with Crippen LogP contribution in [0, 0.1) is 0 Å². The van der Waals surface area contributed by atoms with Gasteiger partial charge in [-0.25, -0.2) is 0 Å². The third kappa shape index (κ3) is 5.34. The molecule has 1 aromatic heterocycles. The smallest absolute Gasteiger partial charge is 0.0546 e. The Hall–Kier alpha value is -7.42. The lowest BCUT2D eigenvalue weighted by Crippen LogP contribution is -2.12. The molecule has 0 aliphatic carbocycles. The van der Waals surface area contributed by atoms with Gasteiger partial charge in [0.2, 0.25) is 0 Å². The number of benzene rings is 10. The molecule has 2 heteroatoms. The summed E-state index contributed by atoms with van der Waals surface area (Å²) in [4.78, 5) is 2.48. The van der Waals surface area contributed by atoms with E-state index < -0.39 is 0 Å². The molecule has 0 radical (unpaired) electrons. The zero-order chi connectivity index (χ0) is 37.0. The SMILES string of the molecule is c1cc(N(c2cc(-c3ccc4ccccc4c3)ccc2-c2ccc3ccccc3c2)c2cccc3ccccc23)cc(-n2c3ccccc3c3ccccc32)c1. The fourth-order valence-corrected chi connectivity index (χ4v) is 8.65. The molecular formula is C54H36N2. The highest BCUT2D eigenvalue weighted by atomic mass is 15.1. The van der Waals surface area contributed by atoms with Gasteiger partial charge in [0.05, 0.1) is 22.4 Å². The Labute approximate surface area is 325 Å². The van der Waals surface area contributed by atoms with Crippen LogP contribution in [0.5, 0.6) is 0 Å². The van der Waals surface area contributed by atoms with Crippen molar-refractivity contribution in [3.63, 3.8) is 0 Å². The largest absolute Gasteiger partial charge is 0.309 e. The van der Waals surface area contributed by atoms with Gasteiger partial charge in [-0.1, -0.05) is 164 Å². The van der Waals surface area contributed by atoms with E-state index in [-0.39, 0.29) is 0 Å². The summed E-state index contributed by atoms with van der Waals surface area (Å²) in [5.74, 6) is 0. The van der Waals surface area contributed by atoms with E-state index in [0.29, 0.717) is 0 Å². The minimum absolute atomic E-state index is 1.08. The van der Waals surface area contributed by atoms with Crippen LogP contribution in [-0.4, -0.2) is 4.57 Å². The van der Waals surface area contributed by atoms with Crippen molar-refractivity contribution in [2.45, 2.75) is 0 Å². The number of rotatable bonds is 6. The summed E-state index contributed by atoms with van der Waals surface area (Å²) in [5, 5.41) is 9.82. The van der Waals surface area contributed by atoms with Crippen LogP contribution < -0.4 is 4.90 Å². The van der Waals surface area contributed by atoms with E-state index in [9.17, 15) is 0 Å². The summed E-state index contributed by atoms with van der Waals surface area (Å²) in [7, 11) is 0. The van der Waals surface area contributed by atoms with Gasteiger partial charge in [0.25, 0.3) is 0 Å². The van der Waals surface area contributed by atoms with Gasteiger partial charge in [-0.05, 0) is 98.2 Å². The van der Waals surface area contributed by atoms with Gasteiger partial charge in [-0.15, -0.1) is 0 Å². The number of aromatic nitrogens is 1. The molecule has 0 fully saturated rings. The molecule has 0 aliphatic rings. The number of hydrogen-bond donors (Lipinski definition) is 0. The highest BCUT2D eigenvalue weighted by Crippen LogP contribution is 2.46. The van der Waals surface area contributed by atoms with Crippen molar-refractivity contribution in [1.29, 1.82) is 0 Å². The van der Waals surface area contributed by atoms with E-state index in [4.69, 9.17) is 0 Å². The van der Waals surface area contributed by atoms with Gasteiger partial charge in [0.15, 0.2) is 0 Å². The number of nitrogens with zero attached hydrogens (tertiary/aromatic N) is 2. The Morgan fingerprint density at radius 1 is 0.304 bits per heavy atom. The van der Waals surface area contributed by atoms with Crippen LogP contribution in [0.25, 0.3) is 82.1 Å². The summed E-state index contributed by atoms with van der Waals surface area (Å²) >= 11 is 0. The van der Waals surface area contributed by atoms with E-state index in [2.05, 4.69) is 228 Å². The Morgan fingerprint density at radius 3 is 1.54 bits per heavy atom.